The van der Waals surface area contributed by atoms with Gasteiger partial charge in [0.15, 0.2) is 17.5 Å². The van der Waals surface area contributed by atoms with Crippen LogP contribution in [0, 0.1) is 20.2 Å². The van der Waals surface area contributed by atoms with Crippen LogP contribution in [0.25, 0.3) is 89.2 Å². The molecule has 37 heteroatoms. The van der Waals surface area contributed by atoms with Crippen molar-refractivity contribution in [3.63, 3.8) is 0 Å². The van der Waals surface area contributed by atoms with Gasteiger partial charge in [0.05, 0.1) is 69.3 Å². The second-order valence-electron chi connectivity index (χ2n) is 29.3. The van der Waals surface area contributed by atoms with E-state index in [9.17, 15) is 39.4 Å². The number of nitro groups is 2. The Morgan fingerprint density at radius 2 is 0.799 bits per heavy atom. The first-order valence-electron chi connectivity index (χ1n) is 40.8. The van der Waals surface area contributed by atoms with Crippen LogP contribution in [0.5, 0.6) is 0 Å². The molecule has 18 rings (SSSR count). The van der Waals surface area contributed by atoms with E-state index in [2.05, 4.69) is 189 Å². The van der Waals surface area contributed by atoms with Crippen molar-refractivity contribution in [1.82, 2.24) is 54.6 Å². The van der Waals surface area contributed by atoms with E-state index in [1.807, 2.05) is 152 Å². The van der Waals surface area contributed by atoms with Crippen molar-refractivity contribution >= 4 is 203 Å². The Morgan fingerprint density at radius 3 is 1.23 bits per heavy atom. The van der Waals surface area contributed by atoms with E-state index in [4.69, 9.17) is 63.3 Å². The van der Waals surface area contributed by atoms with Crippen molar-refractivity contribution in [2.75, 3.05) is 133 Å². The summed E-state index contributed by atoms with van der Waals surface area (Å²) in [7, 11) is 2.19. The van der Waals surface area contributed by atoms with Crippen LogP contribution in [0.2, 0.25) is 5.15 Å². The standard InChI is InChI=1S/C25H32N6O.C20H21BrN4O.C14H8BrClN2.C14H9BrN2O.C7H5BrN2O3.C7H7BrN2O.C7H4BrNO4.3CH4/c1-29-11-13-31(14-12-29)21-7-8-22-23(19-21)27-24(20-5-3-2-4-6-20)28-25(22)26-9-10-30-15-17-32-18-16-30;21-16-6-7-17-18(14-16)23-19(15-4-2-1-3-5-15)24-20(17)22-8-9-25-10-12-26-13-11-25;15-10-6-7-11-12(8-10)17-14(18-13(11)16)9-4-2-1-3-5-9;15-10-6-7-11-12(8-10)16-13(17-14(11)18)9-4-2-1-3-5-9;8-4-1-2-5(7(9)11)6(3-4)10(12)13;8-4-1-2-5(7(10)11)6(9)3-4;8-4-1-2-5(7(10)11)6(3-4)9(12)13;;;/h2-8,19H,9-18H2,1H3,(H,26,27,28);1-7,14H,8-13H2,(H,22,23,24);1-8H;1-8H,(H,16,17,18);1-3H,(H2,9,11);1-3H,9H2,(H2,10,11);1-3H,(H,10,11);3*1H4. The molecule has 0 aliphatic carbocycles. The summed E-state index contributed by atoms with van der Waals surface area (Å²) < 4.78 is 15.6. The third kappa shape index (κ3) is 30.2. The minimum absolute atomic E-state index is 0. The molecular formula is C97H98Br6ClN19O11. The third-order valence-electron chi connectivity index (χ3n) is 20.4. The van der Waals surface area contributed by atoms with Gasteiger partial charge >= 0.3 is 5.97 Å². The molecule has 30 nitrogen and oxygen atoms in total. The minimum Gasteiger partial charge on any atom is -0.477 e. The largest absolute Gasteiger partial charge is 0.477 e. The fourth-order valence-corrected chi connectivity index (χ4v) is 15.9. The van der Waals surface area contributed by atoms with Crippen molar-refractivity contribution in [2.24, 2.45) is 11.5 Å². The Kier molecular flexibility index (Phi) is 41.0. The number of nitrogens with zero attached hydrogens (tertiary/aromatic N) is 13. The van der Waals surface area contributed by atoms with Gasteiger partial charge in [-0.05, 0) is 122 Å². The van der Waals surface area contributed by atoms with Crippen LogP contribution in [0.15, 0.2) is 280 Å². The molecule has 4 aromatic heterocycles. The molecule has 11 aromatic carbocycles. The van der Waals surface area contributed by atoms with Gasteiger partial charge in [0.1, 0.15) is 33.7 Å². The number of nitrogens with two attached hydrogens (primary N) is 3. The summed E-state index contributed by atoms with van der Waals surface area (Å²) in [6, 6.07) is 76.5. The second kappa shape index (κ2) is 52.0. The van der Waals surface area contributed by atoms with Gasteiger partial charge in [0.25, 0.3) is 28.7 Å². The number of carbonyl (C=O) groups excluding carboxylic acids is 2. The highest BCUT2D eigenvalue weighted by atomic mass is 79.9. The van der Waals surface area contributed by atoms with Gasteiger partial charge in [-0.1, -0.05) is 251 Å². The number of piperazine rings is 1. The SMILES string of the molecule is Brc1ccc2c(NCCN3CCOCC3)nc(-c3ccccc3)nc2c1.C.C.C.CN1CCN(c2ccc3c(NCCN4CCOCC4)nc(-c4ccccc4)nc3c2)CC1.Clc1nc(-c2ccccc2)nc2cc(Br)ccc12.NC(=O)c1ccc(Br)cc1N.NC(=O)c1ccc(Br)cc1[N+](=O)[O-].O=C(O)c1ccc(Br)cc1[N+](=O)[O-].O=c1[nH]c(-c2ccccc2)nc2cc(Br)ccc12. The minimum atomic E-state index is -1.31. The smallest absolute Gasteiger partial charge is 0.342 e. The lowest BCUT2D eigenvalue weighted by Gasteiger charge is -2.34. The number of hydrogen-bond acceptors (Lipinski definition) is 24. The zero-order valence-electron chi connectivity index (χ0n) is 70.2. The molecule has 696 valence electrons. The van der Waals surface area contributed by atoms with E-state index in [0.29, 0.717) is 47.9 Å². The van der Waals surface area contributed by atoms with Gasteiger partial charge in [-0.15, -0.1) is 0 Å². The quantitative estimate of drug-likeness (QED) is 0.0181. The van der Waals surface area contributed by atoms with Gasteiger partial charge in [-0.2, -0.15) is 0 Å². The van der Waals surface area contributed by atoms with E-state index in [-0.39, 0.29) is 44.7 Å². The number of aromatic carboxylic acids is 1. The Labute approximate surface area is 830 Å². The lowest BCUT2D eigenvalue weighted by molar-refractivity contribution is -0.385. The maximum absolute atomic E-state index is 12.0. The summed E-state index contributed by atoms with van der Waals surface area (Å²) >= 11 is 25.8. The van der Waals surface area contributed by atoms with Crippen molar-refractivity contribution < 1.29 is 38.8 Å². The molecule has 0 unspecified atom stereocenters. The number of aromatic nitrogens is 8. The molecule has 3 aliphatic rings. The normalized spacial score (nSPS) is 12.9. The molecule has 0 radical (unpaired) electrons. The van der Waals surface area contributed by atoms with Gasteiger partial charge in [-0.3, -0.25) is 44.4 Å². The van der Waals surface area contributed by atoms with Crippen LogP contribution in [0.3, 0.4) is 0 Å². The lowest BCUT2D eigenvalue weighted by atomic mass is 10.1. The number of carboxylic acids is 1. The maximum atomic E-state index is 12.0. The predicted octanol–water partition coefficient (Wildman–Crippen LogP) is 21.2. The molecule has 7 heterocycles. The molecule has 3 fully saturated rings. The lowest BCUT2D eigenvalue weighted by Crippen LogP contribution is -2.44. The molecule has 0 spiro atoms. The first-order valence-corrected chi connectivity index (χ1v) is 45.9. The van der Waals surface area contributed by atoms with Crippen molar-refractivity contribution in [1.29, 1.82) is 0 Å². The molecule has 134 heavy (non-hydrogen) atoms. The second-order valence-corrected chi connectivity index (χ2v) is 35.2. The van der Waals surface area contributed by atoms with Crippen molar-refractivity contribution in [3.05, 3.63) is 328 Å². The van der Waals surface area contributed by atoms with Gasteiger partial charge in [0.2, 0.25) is 0 Å². The number of morpholine rings is 2. The van der Waals surface area contributed by atoms with Gasteiger partial charge in [0, 0.05) is 167 Å². The number of ether oxygens (including phenoxy) is 2. The molecule has 3 aliphatic heterocycles. The fraction of sp³-hybridized carbons (Fsp3) is 0.206. The molecule has 10 N–H and O–H groups in total. The van der Waals surface area contributed by atoms with E-state index in [0.717, 1.165) is 207 Å². The number of carbonyl (C=O) groups is 3. The molecule has 0 bridgehead atoms. The highest BCUT2D eigenvalue weighted by Crippen LogP contribution is 2.34. The number of aromatic amines is 1. The summed E-state index contributed by atoms with van der Waals surface area (Å²) in [5.41, 5.74) is 23.6. The summed E-state index contributed by atoms with van der Waals surface area (Å²) in [4.78, 5) is 109. The molecule has 15 aromatic rings. The van der Waals surface area contributed by atoms with E-state index in [1.54, 1.807) is 24.3 Å². The zero-order chi connectivity index (χ0) is 93.0. The summed E-state index contributed by atoms with van der Waals surface area (Å²) in [6.07, 6.45) is 0. The number of nitrogens with one attached hydrogen (secondary N) is 3. The monoisotopic (exact) mass is 2210 g/mol. The number of H-pyrrole nitrogens is 1. The van der Waals surface area contributed by atoms with Crippen molar-refractivity contribution in [2.45, 2.75) is 22.3 Å². The van der Waals surface area contributed by atoms with Crippen LogP contribution in [-0.2, 0) is 9.47 Å². The number of amides is 2. The highest BCUT2D eigenvalue weighted by molar-refractivity contribution is 9.11. The van der Waals surface area contributed by atoms with Crippen LogP contribution >= 0.6 is 107 Å². The topological polar surface area (TPSA) is 414 Å². The average Bonchev–Trinajstić information content (AvgIpc) is 0.786. The zero-order valence-corrected chi connectivity index (χ0v) is 80.5. The fourth-order valence-electron chi connectivity index (χ4n) is 13.6. The number of anilines is 4. The Bertz CT molecular complexity index is 6530. The van der Waals surface area contributed by atoms with Gasteiger partial charge < -0.3 is 57.2 Å². The first-order chi connectivity index (χ1) is 63.2. The third-order valence-corrected chi connectivity index (χ3v) is 23.6. The molecular weight excluding hydrogens is 2120 g/mol. The Hall–Kier alpha value is -12.0. The average molecular weight is 2220 g/mol. The van der Waals surface area contributed by atoms with Crippen molar-refractivity contribution in [3.8, 4) is 45.6 Å². The number of fused-ring (bicyclic) bond motifs is 4. The number of rotatable bonds is 18. The Balaban J connectivity index is 0.000000180. The first kappa shape index (κ1) is 106. The van der Waals surface area contributed by atoms with Crippen LogP contribution in [0.4, 0.5) is 34.4 Å². The molecule has 0 saturated carbocycles. The summed E-state index contributed by atoms with van der Waals surface area (Å²) in [5, 5.41) is 40.6. The summed E-state index contributed by atoms with van der Waals surface area (Å²) in [5.74, 6) is 1.92. The number of primary amides is 2. The number of benzene rings is 11. The number of nitrogen functional groups attached to an aromatic ring is 1. The van der Waals surface area contributed by atoms with Gasteiger partial charge in [-0.25, -0.2) is 39.7 Å². The molecule has 3 saturated heterocycles. The van der Waals surface area contributed by atoms with E-state index >= 15 is 0 Å². The highest BCUT2D eigenvalue weighted by Gasteiger charge is 2.23. The van der Waals surface area contributed by atoms with Crippen LogP contribution in [-0.4, -0.2) is 199 Å². The molecule has 0 atom stereocenters. The van der Waals surface area contributed by atoms with E-state index < -0.39 is 33.3 Å². The molecule has 2 amide bonds. The number of carboxylic acid groups (broad SMARTS) is 1. The maximum Gasteiger partial charge on any atom is 0.342 e. The predicted molar refractivity (Wildman–Crippen MR) is 556 cm³/mol. The van der Waals surface area contributed by atoms with Crippen LogP contribution < -0.4 is 38.3 Å². The Morgan fingerprint density at radius 1 is 0.440 bits per heavy atom. The number of nitro benzene ring substituents is 2. The van der Waals surface area contributed by atoms with Crippen LogP contribution in [0.1, 0.15) is 53.4 Å². The number of likely N-dealkylation sites (N-methyl/N-ethyl adjacent to an activating group) is 1. The van der Waals surface area contributed by atoms with E-state index in [1.165, 1.54) is 36.0 Å². The number of halogens is 7. The summed E-state index contributed by atoms with van der Waals surface area (Å²) in [6.45, 7) is 15.2. The number of hydrogen-bond donors (Lipinski definition) is 7.